The summed E-state index contributed by atoms with van der Waals surface area (Å²) in [6.45, 7) is 1.57. The molecule has 0 aliphatic heterocycles. The fourth-order valence-corrected chi connectivity index (χ4v) is 1.93. The second-order valence-corrected chi connectivity index (χ2v) is 4.20. The van der Waals surface area contributed by atoms with Gasteiger partial charge in [0.05, 0.1) is 19.0 Å². The van der Waals surface area contributed by atoms with Crippen molar-refractivity contribution in [1.29, 1.82) is 0 Å². The Balaban J connectivity index is 1.87. The number of imidazole rings is 1. The van der Waals surface area contributed by atoms with Crippen LogP contribution in [0.5, 0.6) is 0 Å². The Hall–Kier alpha value is -1.65. The number of aromatic amines is 1. The van der Waals surface area contributed by atoms with E-state index in [1.54, 1.807) is 13.4 Å². The fourth-order valence-electron chi connectivity index (χ4n) is 1.93. The molecule has 96 valence electrons. The van der Waals surface area contributed by atoms with E-state index in [1.807, 2.05) is 12.3 Å². The summed E-state index contributed by atoms with van der Waals surface area (Å²) in [6.07, 6.45) is 4.50. The van der Waals surface area contributed by atoms with Gasteiger partial charge in [0.2, 0.25) is 0 Å². The van der Waals surface area contributed by atoms with E-state index in [1.165, 1.54) is 5.56 Å². The highest BCUT2D eigenvalue weighted by Gasteiger charge is 2.09. The number of H-pyrrole nitrogens is 1. The third-order valence-corrected chi connectivity index (χ3v) is 2.88. The maximum atomic E-state index is 5.26. The molecule has 1 atom stereocenters. The lowest BCUT2D eigenvalue weighted by molar-refractivity contribution is 0.167. The first kappa shape index (κ1) is 12.8. The van der Waals surface area contributed by atoms with Crippen LogP contribution in [0.3, 0.4) is 0 Å². The Labute approximate surface area is 107 Å². The van der Waals surface area contributed by atoms with Gasteiger partial charge in [-0.1, -0.05) is 30.3 Å². The number of aromatic nitrogens is 2. The maximum Gasteiger partial charge on any atom is 0.0921 e. The molecule has 1 aromatic carbocycles. The predicted octanol–water partition coefficient (Wildman–Crippen LogP) is 1.93. The summed E-state index contributed by atoms with van der Waals surface area (Å²) in [5.74, 6) is 0. The van der Waals surface area contributed by atoms with E-state index in [0.29, 0.717) is 6.61 Å². The number of hydrogen-bond acceptors (Lipinski definition) is 3. The molecule has 2 rings (SSSR count). The Morgan fingerprint density at radius 3 is 2.83 bits per heavy atom. The van der Waals surface area contributed by atoms with Crippen molar-refractivity contribution in [3.8, 4) is 0 Å². The van der Waals surface area contributed by atoms with E-state index in [0.717, 1.165) is 18.7 Å². The normalized spacial score (nSPS) is 12.5. The number of benzene rings is 1. The van der Waals surface area contributed by atoms with Crippen molar-refractivity contribution in [2.75, 3.05) is 20.3 Å². The molecule has 4 heteroatoms. The topological polar surface area (TPSA) is 49.9 Å². The number of nitrogens with one attached hydrogen (secondary N) is 2. The van der Waals surface area contributed by atoms with E-state index in [2.05, 4.69) is 39.6 Å². The van der Waals surface area contributed by atoms with E-state index in [-0.39, 0.29) is 6.04 Å². The lowest BCUT2D eigenvalue weighted by Gasteiger charge is -2.18. The van der Waals surface area contributed by atoms with Crippen LogP contribution in [0.2, 0.25) is 0 Å². The van der Waals surface area contributed by atoms with Crippen molar-refractivity contribution >= 4 is 0 Å². The molecule has 1 heterocycles. The zero-order valence-electron chi connectivity index (χ0n) is 10.6. The van der Waals surface area contributed by atoms with Crippen molar-refractivity contribution in [3.63, 3.8) is 0 Å². The van der Waals surface area contributed by atoms with Crippen LogP contribution in [0, 0.1) is 0 Å². The average Bonchev–Trinajstić information content (AvgIpc) is 2.92. The molecule has 0 aliphatic rings. The largest absolute Gasteiger partial charge is 0.383 e. The second kappa shape index (κ2) is 6.93. The van der Waals surface area contributed by atoms with Gasteiger partial charge < -0.3 is 15.0 Å². The number of hydrogen-bond donors (Lipinski definition) is 2. The first-order valence-electron chi connectivity index (χ1n) is 6.14. The molecule has 2 aromatic rings. The predicted molar refractivity (Wildman–Crippen MR) is 71.4 cm³/mol. The summed E-state index contributed by atoms with van der Waals surface area (Å²) in [4.78, 5) is 7.11. The third kappa shape index (κ3) is 3.68. The minimum atomic E-state index is 0.235. The zero-order valence-corrected chi connectivity index (χ0v) is 10.6. The standard InChI is InChI=1S/C14H19N3O/c1-18-10-14(12-5-3-2-4-6-12)16-8-7-13-9-15-11-17-13/h2-6,9,11,14,16H,7-8,10H2,1H3,(H,15,17). The van der Waals surface area contributed by atoms with Crippen LogP contribution >= 0.6 is 0 Å². The van der Waals surface area contributed by atoms with Gasteiger partial charge in [-0.15, -0.1) is 0 Å². The minimum absolute atomic E-state index is 0.235. The Morgan fingerprint density at radius 2 is 2.17 bits per heavy atom. The monoisotopic (exact) mass is 245 g/mol. The van der Waals surface area contributed by atoms with Crippen molar-refractivity contribution < 1.29 is 4.74 Å². The molecule has 2 N–H and O–H groups in total. The molecule has 0 saturated carbocycles. The van der Waals surface area contributed by atoms with Crippen LogP contribution in [0.15, 0.2) is 42.9 Å². The smallest absolute Gasteiger partial charge is 0.0921 e. The molecular formula is C14H19N3O. The van der Waals surface area contributed by atoms with Gasteiger partial charge in [-0.3, -0.25) is 0 Å². The SMILES string of the molecule is COCC(NCCc1cnc[nH]1)c1ccccc1. The van der Waals surface area contributed by atoms with E-state index < -0.39 is 0 Å². The van der Waals surface area contributed by atoms with Crippen LogP contribution in [0.4, 0.5) is 0 Å². The summed E-state index contributed by atoms with van der Waals surface area (Å²) < 4.78 is 5.26. The Morgan fingerprint density at radius 1 is 1.33 bits per heavy atom. The lowest BCUT2D eigenvalue weighted by Crippen LogP contribution is -2.27. The Bertz CT molecular complexity index is 428. The van der Waals surface area contributed by atoms with Gasteiger partial charge in [0.15, 0.2) is 0 Å². The number of ether oxygens (including phenoxy) is 1. The van der Waals surface area contributed by atoms with Gasteiger partial charge in [0.1, 0.15) is 0 Å². The quantitative estimate of drug-likeness (QED) is 0.783. The summed E-state index contributed by atoms with van der Waals surface area (Å²) in [5.41, 5.74) is 2.40. The maximum absolute atomic E-state index is 5.26. The highest BCUT2D eigenvalue weighted by Crippen LogP contribution is 2.12. The number of methoxy groups -OCH3 is 1. The summed E-state index contributed by atoms with van der Waals surface area (Å²) in [6, 6.07) is 10.6. The van der Waals surface area contributed by atoms with Crippen molar-refractivity contribution in [2.45, 2.75) is 12.5 Å². The van der Waals surface area contributed by atoms with Crippen LogP contribution in [-0.4, -0.2) is 30.2 Å². The first-order chi connectivity index (χ1) is 8.90. The highest BCUT2D eigenvalue weighted by molar-refractivity contribution is 5.19. The summed E-state index contributed by atoms with van der Waals surface area (Å²) in [5, 5.41) is 3.50. The number of nitrogens with zero attached hydrogens (tertiary/aromatic N) is 1. The van der Waals surface area contributed by atoms with Crippen LogP contribution in [0.1, 0.15) is 17.3 Å². The van der Waals surface area contributed by atoms with Gasteiger partial charge in [0, 0.05) is 32.0 Å². The molecule has 4 nitrogen and oxygen atoms in total. The van der Waals surface area contributed by atoms with Gasteiger partial charge in [0.25, 0.3) is 0 Å². The lowest BCUT2D eigenvalue weighted by atomic mass is 10.1. The molecule has 0 fully saturated rings. The zero-order chi connectivity index (χ0) is 12.6. The Kier molecular flexibility index (Phi) is 4.93. The van der Waals surface area contributed by atoms with E-state index in [9.17, 15) is 0 Å². The molecule has 18 heavy (non-hydrogen) atoms. The average molecular weight is 245 g/mol. The molecule has 0 saturated heterocycles. The molecular weight excluding hydrogens is 226 g/mol. The molecule has 0 amide bonds. The van der Waals surface area contributed by atoms with Gasteiger partial charge in [-0.05, 0) is 5.56 Å². The summed E-state index contributed by atoms with van der Waals surface area (Å²) in [7, 11) is 1.73. The number of rotatable bonds is 7. The van der Waals surface area contributed by atoms with Crippen molar-refractivity contribution in [3.05, 3.63) is 54.1 Å². The molecule has 1 aromatic heterocycles. The summed E-state index contributed by atoms with van der Waals surface area (Å²) >= 11 is 0. The first-order valence-corrected chi connectivity index (χ1v) is 6.14. The van der Waals surface area contributed by atoms with E-state index in [4.69, 9.17) is 4.74 Å². The van der Waals surface area contributed by atoms with Gasteiger partial charge in [-0.2, -0.15) is 0 Å². The molecule has 0 spiro atoms. The van der Waals surface area contributed by atoms with Gasteiger partial charge >= 0.3 is 0 Å². The second-order valence-electron chi connectivity index (χ2n) is 4.20. The van der Waals surface area contributed by atoms with Crippen LogP contribution in [0.25, 0.3) is 0 Å². The van der Waals surface area contributed by atoms with Crippen LogP contribution in [-0.2, 0) is 11.2 Å². The van der Waals surface area contributed by atoms with Gasteiger partial charge in [-0.25, -0.2) is 4.98 Å². The van der Waals surface area contributed by atoms with E-state index >= 15 is 0 Å². The molecule has 1 unspecified atom stereocenters. The molecule has 0 radical (unpaired) electrons. The molecule has 0 aliphatic carbocycles. The molecule has 0 bridgehead atoms. The van der Waals surface area contributed by atoms with Crippen molar-refractivity contribution in [2.24, 2.45) is 0 Å². The minimum Gasteiger partial charge on any atom is -0.383 e. The highest BCUT2D eigenvalue weighted by atomic mass is 16.5. The fraction of sp³-hybridized carbons (Fsp3) is 0.357. The van der Waals surface area contributed by atoms with Crippen molar-refractivity contribution in [1.82, 2.24) is 15.3 Å². The third-order valence-electron chi connectivity index (χ3n) is 2.88. The van der Waals surface area contributed by atoms with Crippen LogP contribution < -0.4 is 5.32 Å².